The lowest BCUT2D eigenvalue weighted by Crippen LogP contribution is -1.87. The van der Waals surface area contributed by atoms with Gasteiger partial charge in [0.2, 0.25) is 0 Å². The third kappa shape index (κ3) is 1.25. The number of carbonyl (C=O) groups is 2. The van der Waals surface area contributed by atoms with Crippen LogP contribution in [-0.2, 0) is 0 Å². The summed E-state index contributed by atoms with van der Waals surface area (Å²) in [4.78, 5) is 23.9. The average molecular weight is 135 g/mol. The zero-order valence-corrected chi connectivity index (χ0v) is 5.15. The molecule has 1 aromatic rings. The minimum absolute atomic E-state index is 0.282. The standard InChI is InChI=1S/C7H5NO2/c9-4-6-1-2-8-7(3-6)5-10/h1-5H. The maximum atomic E-state index is 10.1. The molecule has 0 aliphatic rings. The molecule has 3 heteroatoms. The Labute approximate surface area is 57.7 Å². The van der Waals surface area contributed by atoms with E-state index in [0.717, 1.165) is 0 Å². The Morgan fingerprint density at radius 3 is 2.70 bits per heavy atom. The third-order valence-corrected chi connectivity index (χ3v) is 1.06. The molecule has 1 rings (SSSR count). The quantitative estimate of drug-likeness (QED) is 0.561. The number of nitrogens with zero attached hydrogens (tertiary/aromatic N) is 1. The van der Waals surface area contributed by atoms with Gasteiger partial charge in [-0.3, -0.25) is 14.6 Å². The van der Waals surface area contributed by atoms with Crippen LogP contribution in [-0.4, -0.2) is 17.6 Å². The molecule has 0 unspecified atom stereocenters. The van der Waals surface area contributed by atoms with Crippen molar-refractivity contribution in [1.82, 2.24) is 4.98 Å². The van der Waals surface area contributed by atoms with Gasteiger partial charge >= 0.3 is 0 Å². The van der Waals surface area contributed by atoms with E-state index in [-0.39, 0.29) is 5.69 Å². The molecule has 50 valence electrons. The molecule has 0 radical (unpaired) electrons. The van der Waals surface area contributed by atoms with Crippen LogP contribution in [0.2, 0.25) is 0 Å². The number of pyridine rings is 1. The number of carbonyl (C=O) groups excluding carboxylic acids is 2. The van der Waals surface area contributed by atoms with Crippen molar-refractivity contribution in [3.05, 3.63) is 29.6 Å². The van der Waals surface area contributed by atoms with Gasteiger partial charge in [0.1, 0.15) is 12.0 Å². The fourth-order valence-corrected chi connectivity index (χ4v) is 0.603. The fraction of sp³-hybridized carbons (Fsp3) is 0. The zero-order chi connectivity index (χ0) is 7.40. The van der Waals surface area contributed by atoms with E-state index in [2.05, 4.69) is 4.98 Å². The molecule has 0 bridgehead atoms. The lowest BCUT2D eigenvalue weighted by molar-refractivity contribution is 0.111. The summed E-state index contributed by atoms with van der Waals surface area (Å²) >= 11 is 0. The largest absolute Gasteiger partial charge is 0.298 e. The van der Waals surface area contributed by atoms with Gasteiger partial charge in [-0.05, 0) is 12.1 Å². The van der Waals surface area contributed by atoms with Gasteiger partial charge in [-0.25, -0.2) is 0 Å². The molecule has 3 nitrogen and oxygen atoms in total. The van der Waals surface area contributed by atoms with Crippen LogP contribution in [0.15, 0.2) is 18.3 Å². The van der Waals surface area contributed by atoms with Crippen molar-refractivity contribution in [3.8, 4) is 0 Å². The van der Waals surface area contributed by atoms with E-state index in [9.17, 15) is 9.59 Å². The summed E-state index contributed by atoms with van der Waals surface area (Å²) in [7, 11) is 0. The van der Waals surface area contributed by atoms with Crippen LogP contribution in [0.1, 0.15) is 20.8 Å². The highest BCUT2D eigenvalue weighted by molar-refractivity contribution is 5.79. The minimum atomic E-state index is 0.282. The first-order valence-electron chi connectivity index (χ1n) is 2.73. The molecule has 0 atom stereocenters. The van der Waals surface area contributed by atoms with Crippen LogP contribution in [0.25, 0.3) is 0 Å². The van der Waals surface area contributed by atoms with E-state index < -0.39 is 0 Å². The molecule has 0 aromatic carbocycles. The van der Waals surface area contributed by atoms with Crippen molar-refractivity contribution >= 4 is 12.6 Å². The highest BCUT2D eigenvalue weighted by Gasteiger charge is 1.91. The molecule has 0 amide bonds. The Kier molecular flexibility index (Phi) is 1.89. The van der Waals surface area contributed by atoms with E-state index in [1.807, 2.05) is 0 Å². The Morgan fingerprint density at radius 1 is 1.30 bits per heavy atom. The van der Waals surface area contributed by atoms with E-state index in [0.29, 0.717) is 18.1 Å². The van der Waals surface area contributed by atoms with E-state index >= 15 is 0 Å². The summed E-state index contributed by atoms with van der Waals surface area (Å²) < 4.78 is 0. The first-order chi connectivity index (χ1) is 4.86. The second kappa shape index (κ2) is 2.87. The molecule has 0 fully saturated rings. The van der Waals surface area contributed by atoms with Gasteiger partial charge in [0, 0.05) is 11.8 Å². The number of rotatable bonds is 2. The number of hydrogen-bond donors (Lipinski definition) is 0. The molecule has 1 heterocycles. The van der Waals surface area contributed by atoms with Crippen LogP contribution >= 0.6 is 0 Å². The molecule has 0 saturated carbocycles. The van der Waals surface area contributed by atoms with E-state index in [4.69, 9.17) is 0 Å². The van der Waals surface area contributed by atoms with Crippen molar-refractivity contribution in [2.75, 3.05) is 0 Å². The number of hydrogen-bond acceptors (Lipinski definition) is 3. The van der Waals surface area contributed by atoms with Crippen molar-refractivity contribution in [1.29, 1.82) is 0 Å². The van der Waals surface area contributed by atoms with Gasteiger partial charge in [-0.2, -0.15) is 0 Å². The Balaban J connectivity index is 3.09. The molecule has 0 aliphatic carbocycles. The van der Waals surface area contributed by atoms with Crippen LogP contribution in [0.3, 0.4) is 0 Å². The van der Waals surface area contributed by atoms with E-state index in [1.54, 1.807) is 6.07 Å². The van der Waals surface area contributed by atoms with Crippen LogP contribution in [0.4, 0.5) is 0 Å². The second-order valence-electron chi connectivity index (χ2n) is 1.75. The number of aromatic nitrogens is 1. The normalized spacial score (nSPS) is 8.80. The summed E-state index contributed by atoms with van der Waals surface area (Å²) in [6.45, 7) is 0. The summed E-state index contributed by atoms with van der Waals surface area (Å²) in [6, 6.07) is 2.97. The Bertz CT molecular complexity index is 234. The van der Waals surface area contributed by atoms with Crippen molar-refractivity contribution in [2.45, 2.75) is 0 Å². The van der Waals surface area contributed by atoms with Gasteiger partial charge < -0.3 is 0 Å². The van der Waals surface area contributed by atoms with Crippen molar-refractivity contribution in [3.63, 3.8) is 0 Å². The Morgan fingerprint density at radius 2 is 2.10 bits per heavy atom. The fourth-order valence-electron chi connectivity index (χ4n) is 0.603. The first-order valence-corrected chi connectivity index (χ1v) is 2.73. The molecular weight excluding hydrogens is 130 g/mol. The Hall–Kier alpha value is -1.51. The minimum Gasteiger partial charge on any atom is -0.298 e. The maximum Gasteiger partial charge on any atom is 0.168 e. The monoisotopic (exact) mass is 135 g/mol. The molecular formula is C7H5NO2. The SMILES string of the molecule is O=Cc1ccnc(C=O)c1. The van der Waals surface area contributed by atoms with Crippen LogP contribution < -0.4 is 0 Å². The van der Waals surface area contributed by atoms with Gasteiger partial charge in [0.05, 0.1) is 0 Å². The average Bonchev–Trinajstić information content (AvgIpc) is 2.05. The molecule has 1 aromatic heterocycles. The summed E-state index contributed by atoms with van der Waals surface area (Å²) in [5, 5.41) is 0. The molecule has 10 heavy (non-hydrogen) atoms. The van der Waals surface area contributed by atoms with Crippen LogP contribution in [0, 0.1) is 0 Å². The molecule has 0 N–H and O–H groups in total. The number of aldehydes is 2. The lowest BCUT2D eigenvalue weighted by atomic mass is 10.2. The zero-order valence-electron chi connectivity index (χ0n) is 5.15. The summed E-state index contributed by atoms with van der Waals surface area (Å²) in [5.41, 5.74) is 0.752. The smallest absolute Gasteiger partial charge is 0.168 e. The van der Waals surface area contributed by atoms with Gasteiger partial charge in [0.25, 0.3) is 0 Å². The van der Waals surface area contributed by atoms with Crippen molar-refractivity contribution in [2.24, 2.45) is 0 Å². The lowest BCUT2D eigenvalue weighted by Gasteiger charge is -1.88. The highest BCUT2D eigenvalue weighted by atomic mass is 16.1. The molecule has 0 saturated heterocycles. The van der Waals surface area contributed by atoms with Gasteiger partial charge in [-0.15, -0.1) is 0 Å². The van der Waals surface area contributed by atoms with Gasteiger partial charge in [-0.1, -0.05) is 0 Å². The second-order valence-corrected chi connectivity index (χ2v) is 1.75. The topological polar surface area (TPSA) is 47.0 Å². The summed E-state index contributed by atoms with van der Waals surface area (Å²) in [5.74, 6) is 0. The predicted octanol–water partition coefficient (Wildman–Crippen LogP) is 0.707. The van der Waals surface area contributed by atoms with Crippen molar-refractivity contribution < 1.29 is 9.59 Å². The third-order valence-electron chi connectivity index (χ3n) is 1.06. The molecule has 0 aliphatic heterocycles. The maximum absolute atomic E-state index is 10.1. The first kappa shape index (κ1) is 6.61. The molecule has 0 spiro atoms. The van der Waals surface area contributed by atoms with E-state index in [1.165, 1.54) is 12.3 Å². The van der Waals surface area contributed by atoms with Crippen LogP contribution in [0.5, 0.6) is 0 Å². The predicted molar refractivity (Wildman–Crippen MR) is 35.0 cm³/mol. The summed E-state index contributed by atoms with van der Waals surface area (Å²) in [6.07, 6.45) is 2.70. The highest BCUT2D eigenvalue weighted by Crippen LogP contribution is 1.94. The van der Waals surface area contributed by atoms with Gasteiger partial charge in [0.15, 0.2) is 6.29 Å².